The number of nitrogens with zero attached hydrogens (tertiary/aromatic N) is 2. The van der Waals surface area contributed by atoms with Crippen LogP contribution in [0.15, 0.2) is 54.0 Å². The molecule has 1 aromatic carbocycles. The molecule has 0 aliphatic heterocycles. The van der Waals surface area contributed by atoms with Gasteiger partial charge in [-0.25, -0.2) is 9.97 Å². The molecule has 1 unspecified atom stereocenters. The monoisotopic (exact) mass is 397 g/mol. The van der Waals surface area contributed by atoms with Crippen LogP contribution in [0.5, 0.6) is 5.75 Å². The summed E-state index contributed by atoms with van der Waals surface area (Å²) in [6.45, 7) is 0.542. The highest BCUT2D eigenvalue weighted by molar-refractivity contribution is 7.09. The Morgan fingerprint density at radius 3 is 2.75 bits per heavy atom. The molecule has 3 aromatic rings. The van der Waals surface area contributed by atoms with Crippen molar-refractivity contribution in [1.82, 2.24) is 9.97 Å². The molecule has 2 heterocycles. The van der Waals surface area contributed by atoms with E-state index in [1.54, 1.807) is 6.20 Å². The Morgan fingerprint density at radius 1 is 1.25 bits per heavy atom. The fourth-order valence-electron chi connectivity index (χ4n) is 2.93. The number of benzene rings is 1. The molecule has 7 heteroatoms. The van der Waals surface area contributed by atoms with E-state index in [1.165, 1.54) is 11.3 Å². The molecule has 6 nitrogen and oxygen atoms in total. The second-order valence-corrected chi connectivity index (χ2v) is 7.30. The number of hydrogen-bond donors (Lipinski definition) is 2. The second-order valence-electron chi connectivity index (χ2n) is 6.38. The number of thiazole rings is 1. The van der Waals surface area contributed by atoms with Crippen molar-refractivity contribution in [2.45, 2.75) is 25.2 Å². The largest absolute Gasteiger partial charge is 0.493 e. The van der Waals surface area contributed by atoms with E-state index in [0.717, 1.165) is 34.3 Å². The molecule has 1 atom stereocenters. The molecule has 0 aliphatic rings. The molecule has 146 valence electrons. The molecule has 0 aliphatic carbocycles. The van der Waals surface area contributed by atoms with Crippen LogP contribution in [0.2, 0.25) is 0 Å². The summed E-state index contributed by atoms with van der Waals surface area (Å²) in [5, 5.41) is 14.9. The summed E-state index contributed by atoms with van der Waals surface area (Å²) in [5.74, 6) is 0.710. The highest BCUT2D eigenvalue weighted by Gasteiger charge is 2.18. The Kier molecular flexibility index (Phi) is 6.97. The molecule has 0 bridgehead atoms. The van der Waals surface area contributed by atoms with Crippen molar-refractivity contribution in [1.29, 1.82) is 0 Å². The van der Waals surface area contributed by atoms with Gasteiger partial charge >= 0.3 is 5.97 Å². The van der Waals surface area contributed by atoms with Crippen molar-refractivity contribution in [3.05, 3.63) is 70.3 Å². The SMILES string of the molecule is CNc1cccc(CCOc2ccc(CC(CC(=O)O)c3nccs3)cc2)n1. The number of aromatic nitrogens is 2. The van der Waals surface area contributed by atoms with Crippen LogP contribution in [0, 0.1) is 0 Å². The van der Waals surface area contributed by atoms with E-state index in [1.807, 2.05) is 54.9 Å². The van der Waals surface area contributed by atoms with E-state index in [0.29, 0.717) is 13.0 Å². The van der Waals surface area contributed by atoms with E-state index in [-0.39, 0.29) is 12.3 Å². The number of rotatable bonds is 10. The quantitative estimate of drug-likeness (QED) is 0.538. The van der Waals surface area contributed by atoms with Crippen LogP contribution in [0.25, 0.3) is 0 Å². The molecule has 0 radical (unpaired) electrons. The number of carboxylic acid groups (broad SMARTS) is 1. The van der Waals surface area contributed by atoms with Gasteiger partial charge in [-0.2, -0.15) is 0 Å². The number of pyridine rings is 1. The van der Waals surface area contributed by atoms with Crippen molar-refractivity contribution in [3.8, 4) is 5.75 Å². The molecule has 0 amide bonds. The molecule has 2 N–H and O–H groups in total. The Hall–Kier alpha value is -2.93. The van der Waals surface area contributed by atoms with E-state index >= 15 is 0 Å². The summed E-state index contributed by atoms with van der Waals surface area (Å²) in [6, 6.07) is 13.7. The first-order valence-electron chi connectivity index (χ1n) is 9.10. The van der Waals surface area contributed by atoms with Crippen molar-refractivity contribution in [3.63, 3.8) is 0 Å². The van der Waals surface area contributed by atoms with Gasteiger partial charge in [-0.15, -0.1) is 11.3 Å². The van der Waals surface area contributed by atoms with E-state index in [2.05, 4.69) is 15.3 Å². The van der Waals surface area contributed by atoms with E-state index < -0.39 is 5.97 Å². The summed E-state index contributed by atoms with van der Waals surface area (Å²) < 4.78 is 5.82. The number of carboxylic acids is 1. The normalized spacial score (nSPS) is 11.8. The Morgan fingerprint density at radius 2 is 2.07 bits per heavy atom. The van der Waals surface area contributed by atoms with Crippen LogP contribution in [0.3, 0.4) is 0 Å². The first-order chi connectivity index (χ1) is 13.6. The van der Waals surface area contributed by atoms with Crippen molar-refractivity contribution in [2.75, 3.05) is 19.0 Å². The molecule has 0 spiro atoms. The molecular formula is C21H23N3O3S. The molecule has 0 saturated heterocycles. The van der Waals surface area contributed by atoms with Gasteiger partial charge in [-0.3, -0.25) is 4.79 Å². The predicted octanol–water partition coefficient (Wildman–Crippen LogP) is 4.00. The van der Waals surface area contributed by atoms with Gasteiger partial charge in [0.05, 0.1) is 18.0 Å². The van der Waals surface area contributed by atoms with Crippen LogP contribution < -0.4 is 10.1 Å². The Balaban J connectivity index is 1.54. The molecule has 3 rings (SSSR count). The number of nitrogens with one attached hydrogen (secondary N) is 1. The van der Waals surface area contributed by atoms with Gasteiger partial charge in [0.1, 0.15) is 11.6 Å². The van der Waals surface area contributed by atoms with Gasteiger partial charge in [0.25, 0.3) is 0 Å². The van der Waals surface area contributed by atoms with Crippen LogP contribution in [0.1, 0.15) is 28.6 Å². The van der Waals surface area contributed by atoms with Crippen molar-refractivity contribution < 1.29 is 14.6 Å². The average Bonchev–Trinajstić information content (AvgIpc) is 3.23. The third-order valence-corrected chi connectivity index (χ3v) is 5.26. The van der Waals surface area contributed by atoms with E-state index in [9.17, 15) is 9.90 Å². The third-order valence-electron chi connectivity index (χ3n) is 4.32. The highest BCUT2D eigenvalue weighted by atomic mass is 32.1. The lowest BCUT2D eigenvalue weighted by Gasteiger charge is -2.13. The zero-order chi connectivity index (χ0) is 19.8. The lowest BCUT2D eigenvalue weighted by molar-refractivity contribution is -0.137. The number of carbonyl (C=O) groups is 1. The molecule has 0 fully saturated rings. The number of hydrogen-bond acceptors (Lipinski definition) is 6. The highest BCUT2D eigenvalue weighted by Crippen LogP contribution is 2.27. The van der Waals surface area contributed by atoms with Gasteiger partial charge < -0.3 is 15.2 Å². The van der Waals surface area contributed by atoms with Crippen molar-refractivity contribution >= 4 is 23.1 Å². The first-order valence-corrected chi connectivity index (χ1v) is 9.98. The maximum absolute atomic E-state index is 11.2. The molecular weight excluding hydrogens is 374 g/mol. The van der Waals surface area contributed by atoms with Gasteiger partial charge in [-0.05, 0) is 36.2 Å². The maximum Gasteiger partial charge on any atom is 0.304 e. The smallest absolute Gasteiger partial charge is 0.304 e. The minimum absolute atomic E-state index is 0.0739. The van der Waals surface area contributed by atoms with Crippen LogP contribution in [0.4, 0.5) is 5.82 Å². The standard InChI is InChI=1S/C21H23N3O3S/c1-22-19-4-2-3-17(24-19)9-11-27-18-7-5-15(6-8-18)13-16(14-20(25)26)21-23-10-12-28-21/h2-8,10,12,16H,9,11,13-14H2,1H3,(H,22,24)(H,25,26). The average molecular weight is 398 g/mol. The van der Waals surface area contributed by atoms with Crippen LogP contribution >= 0.6 is 11.3 Å². The minimum Gasteiger partial charge on any atom is -0.493 e. The summed E-state index contributed by atoms with van der Waals surface area (Å²) in [5.41, 5.74) is 2.04. The Labute approximate surface area is 168 Å². The number of aliphatic carboxylic acids is 1. The fraction of sp³-hybridized carbons (Fsp3) is 0.286. The molecule has 28 heavy (non-hydrogen) atoms. The molecule has 2 aromatic heterocycles. The van der Waals surface area contributed by atoms with Gasteiger partial charge in [0, 0.05) is 36.7 Å². The zero-order valence-electron chi connectivity index (χ0n) is 15.7. The first kappa shape index (κ1) is 19.8. The summed E-state index contributed by atoms with van der Waals surface area (Å²) in [7, 11) is 1.85. The van der Waals surface area contributed by atoms with Gasteiger partial charge in [0.15, 0.2) is 0 Å². The fourth-order valence-corrected chi connectivity index (χ4v) is 3.67. The van der Waals surface area contributed by atoms with Crippen molar-refractivity contribution in [2.24, 2.45) is 0 Å². The topological polar surface area (TPSA) is 84.3 Å². The number of ether oxygens (including phenoxy) is 1. The van der Waals surface area contributed by atoms with Gasteiger partial charge in [0.2, 0.25) is 0 Å². The zero-order valence-corrected chi connectivity index (χ0v) is 16.5. The lowest BCUT2D eigenvalue weighted by atomic mass is 9.97. The third kappa shape index (κ3) is 5.79. The molecule has 0 saturated carbocycles. The van der Waals surface area contributed by atoms with E-state index in [4.69, 9.17) is 4.74 Å². The lowest BCUT2D eigenvalue weighted by Crippen LogP contribution is -2.09. The van der Waals surface area contributed by atoms with Crippen LogP contribution in [-0.4, -0.2) is 34.7 Å². The van der Waals surface area contributed by atoms with Crippen LogP contribution in [-0.2, 0) is 17.6 Å². The van der Waals surface area contributed by atoms with Gasteiger partial charge in [-0.1, -0.05) is 18.2 Å². The summed E-state index contributed by atoms with van der Waals surface area (Å²) >= 11 is 1.50. The number of anilines is 1. The maximum atomic E-state index is 11.2. The Bertz CT molecular complexity index is 882. The summed E-state index contributed by atoms with van der Waals surface area (Å²) in [6.07, 6.45) is 3.15. The second kappa shape index (κ2) is 9.85. The predicted molar refractivity (Wildman–Crippen MR) is 110 cm³/mol. The summed E-state index contributed by atoms with van der Waals surface area (Å²) in [4.78, 5) is 19.9. The minimum atomic E-state index is -0.809.